The molecule has 0 heterocycles. The highest BCUT2D eigenvalue weighted by Crippen LogP contribution is 2.23. The van der Waals surface area contributed by atoms with Crippen LogP contribution >= 0.6 is 0 Å². The van der Waals surface area contributed by atoms with Gasteiger partial charge in [0.05, 0.1) is 6.42 Å². The summed E-state index contributed by atoms with van der Waals surface area (Å²) in [5.74, 6) is 0.138. The lowest BCUT2D eigenvalue weighted by Gasteiger charge is -2.16. The minimum Gasteiger partial charge on any atom is -0.507 e. The van der Waals surface area contributed by atoms with E-state index in [1.165, 1.54) is 6.92 Å². The van der Waals surface area contributed by atoms with E-state index in [1.807, 2.05) is 0 Å². The van der Waals surface area contributed by atoms with E-state index in [1.54, 1.807) is 25.1 Å². The van der Waals surface area contributed by atoms with Gasteiger partial charge in [-0.3, -0.25) is 0 Å². The molecule has 96 valence electrons. The molecule has 0 bridgehead atoms. The molecule has 1 aromatic carbocycles. The third kappa shape index (κ3) is 4.65. The number of nitrogens with one attached hydrogen (secondary N) is 1. The van der Waals surface area contributed by atoms with E-state index in [4.69, 9.17) is 0 Å². The normalized spacial score (nSPS) is 13.7. The van der Waals surface area contributed by atoms with Crippen LogP contribution in [0.4, 0.5) is 13.2 Å². The van der Waals surface area contributed by atoms with Gasteiger partial charge in [0.15, 0.2) is 0 Å². The average Bonchev–Trinajstić information content (AvgIpc) is 2.18. The first-order valence-corrected chi connectivity index (χ1v) is 5.37. The van der Waals surface area contributed by atoms with Gasteiger partial charge in [0.2, 0.25) is 0 Å². The number of phenolic OH excluding ortho intramolecular Hbond substituents is 1. The van der Waals surface area contributed by atoms with E-state index in [2.05, 4.69) is 5.32 Å². The molecule has 2 nitrogen and oxygen atoms in total. The van der Waals surface area contributed by atoms with Gasteiger partial charge in [-0.15, -0.1) is 0 Å². The van der Waals surface area contributed by atoms with E-state index in [0.717, 1.165) is 0 Å². The van der Waals surface area contributed by atoms with Crippen molar-refractivity contribution in [1.82, 2.24) is 5.32 Å². The Bertz CT molecular complexity index is 377. The third-order valence-electron chi connectivity index (χ3n) is 2.50. The number of rotatable bonds is 4. The molecule has 1 aromatic rings. The molecule has 2 N–H and O–H groups in total. The highest BCUT2D eigenvalue weighted by Gasteiger charge is 2.29. The fourth-order valence-electron chi connectivity index (χ4n) is 1.57. The van der Waals surface area contributed by atoms with E-state index in [0.29, 0.717) is 11.1 Å². The number of aromatic hydroxyl groups is 1. The Labute approximate surface area is 98.5 Å². The van der Waals surface area contributed by atoms with Crippen LogP contribution in [0.2, 0.25) is 0 Å². The molecular weight excluding hydrogens is 231 g/mol. The zero-order valence-corrected chi connectivity index (χ0v) is 9.80. The van der Waals surface area contributed by atoms with E-state index < -0.39 is 18.6 Å². The molecule has 0 amide bonds. The topological polar surface area (TPSA) is 32.3 Å². The number of phenols is 1. The van der Waals surface area contributed by atoms with Crippen molar-refractivity contribution < 1.29 is 18.3 Å². The molecule has 17 heavy (non-hydrogen) atoms. The van der Waals surface area contributed by atoms with Gasteiger partial charge in [-0.05, 0) is 19.4 Å². The summed E-state index contributed by atoms with van der Waals surface area (Å²) in [5.41, 5.74) is 1.33. The largest absolute Gasteiger partial charge is 0.507 e. The maximum absolute atomic E-state index is 12.1. The highest BCUT2D eigenvalue weighted by atomic mass is 19.4. The maximum atomic E-state index is 12.1. The minimum atomic E-state index is -4.17. The molecule has 0 aliphatic carbocycles. The molecule has 0 fully saturated rings. The molecular formula is C12H16F3NO. The Morgan fingerprint density at radius 3 is 2.59 bits per heavy atom. The third-order valence-corrected chi connectivity index (χ3v) is 2.50. The summed E-state index contributed by atoms with van der Waals surface area (Å²) >= 11 is 0. The van der Waals surface area contributed by atoms with Crippen molar-refractivity contribution in [2.75, 3.05) is 0 Å². The van der Waals surface area contributed by atoms with Gasteiger partial charge in [0.25, 0.3) is 0 Å². The van der Waals surface area contributed by atoms with Gasteiger partial charge < -0.3 is 10.4 Å². The van der Waals surface area contributed by atoms with Crippen molar-refractivity contribution >= 4 is 0 Å². The number of alkyl halides is 3. The Kier molecular flexibility index (Phi) is 4.40. The van der Waals surface area contributed by atoms with Gasteiger partial charge >= 0.3 is 6.18 Å². The summed E-state index contributed by atoms with van der Waals surface area (Å²) in [6, 6.07) is 4.53. The number of benzene rings is 1. The van der Waals surface area contributed by atoms with Gasteiger partial charge in [-0.2, -0.15) is 13.2 Å². The van der Waals surface area contributed by atoms with Crippen LogP contribution in [0.1, 0.15) is 24.5 Å². The van der Waals surface area contributed by atoms with Gasteiger partial charge in [-0.25, -0.2) is 0 Å². The maximum Gasteiger partial charge on any atom is 0.390 e. The van der Waals surface area contributed by atoms with Crippen LogP contribution in [0.5, 0.6) is 5.75 Å². The summed E-state index contributed by atoms with van der Waals surface area (Å²) in [7, 11) is 0. The van der Waals surface area contributed by atoms with Crippen LogP contribution in [0, 0.1) is 6.92 Å². The molecule has 1 atom stereocenters. The minimum absolute atomic E-state index is 0.138. The monoisotopic (exact) mass is 247 g/mol. The molecule has 5 heteroatoms. The van der Waals surface area contributed by atoms with Crippen molar-refractivity contribution in [3.8, 4) is 5.75 Å². The van der Waals surface area contributed by atoms with Crippen LogP contribution < -0.4 is 5.32 Å². The molecule has 1 unspecified atom stereocenters. The Hall–Kier alpha value is -1.23. The lowest BCUT2D eigenvalue weighted by atomic mass is 10.1. The SMILES string of the molecule is Cc1cccc(CNC(C)CC(F)(F)F)c1O. The van der Waals surface area contributed by atoms with Crippen molar-refractivity contribution in [2.45, 2.75) is 39.0 Å². The standard InChI is InChI=1S/C12H16F3NO/c1-8-4-3-5-10(11(8)17)7-16-9(2)6-12(13,14)15/h3-5,9,16-17H,6-7H2,1-2H3. The van der Waals surface area contributed by atoms with Crippen LogP contribution in [0.3, 0.4) is 0 Å². The molecule has 0 aliphatic heterocycles. The predicted octanol–water partition coefficient (Wildman–Crippen LogP) is 3.13. The number of para-hydroxylation sites is 1. The average molecular weight is 247 g/mol. The fraction of sp³-hybridized carbons (Fsp3) is 0.500. The second-order valence-electron chi connectivity index (χ2n) is 4.18. The molecule has 1 rings (SSSR count). The highest BCUT2D eigenvalue weighted by molar-refractivity contribution is 5.39. The Morgan fingerprint density at radius 2 is 2.00 bits per heavy atom. The molecule has 0 aliphatic rings. The molecule has 0 aromatic heterocycles. The second kappa shape index (κ2) is 5.40. The van der Waals surface area contributed by atoms with Crippen LogP contribution in [-0.4, -0.2) is 17.3 Å². The van der Waals surface area contributed by atoms with Crippen molar-refractivity contribution in [1.29, 1.82) is 0 Å². The number of halogens is 3. The van der Waals surface area contributed by atoms with Crippen molar-refractivity contribution in [3.63, 3.8) is 0 Å². The predicted molar refractivity (Wildman–Crippen MR) is 59.8 cm³/mol. The summed E-state index contributed by atoms with van der Waals surface area (Å²) in [6.45, 7) is 3.45. The first-order valence-electron chi connectivity index (χ1n) is 5.37. The summed E-state index contributed by atoms with van der Waals surface area (Å²) in [6.07, 6.45) is -5.04. The lowest BCUT2D eigenvalue weighted by molar-refractivity contribution is -0.139. The summed E-state index contributed by atoms with van der Waals surface area (Å²) in [4.78, 5) is 0. The van der Waals surface area contributed by atoms with Crippen LogP contribution in [0.25, 0.3) is 0 Å². The number of aryl methyl sites for hydroxylation is 1. The van der Waals surface area contributed by atoms with E-state index >= 15 is 0 Å². The fourth-order valence-corrected chi connectivity index (χ4v) is 1.57. The molecule has 0 saturated carbocycles. The Balaban J connectivity index is 2.53. The first-order chi connectivity index (χ1) is 7.79. The first kappa shape index (κ1) is 13.8. The molecule has 0 radical (unpaired) electrons. The van der Waals surface area contributed by atoms with Gasteiger partial charge in [0, 0.05) is 18.2 Å². The number of hydrogen-bond acceptors (Lipinski definition) is 2. The van der Waals surface area contributed by atoms with Crippen molar-refractivity contribution in [2.24, 2.45) is 0 Å². The second-order valence-corrected chi connectivity index (χ2v) is 4.18. The van der Waals surface area contributed by atoms with E-state index in [-0.39, 0.29) is 12.3 Å². The molecule has 0 spiro atoms. The van der Waals surface area contributed by atoms with Crippen molar-refractivity contribution in [3.05, 3.63) is 29.3 Å². The quantitative estimate of drug-likeness (QED) is 0.856. The van der Waals surface area contributed by atoms with Gasteiger partial charge in [-0.1, -0.05) is 18.2 Å². The van der Waals surface area contributed by atoms with Crippen LogP contribution in [0.15, 0.2) is 18.2 Å². The lowest BCUT2D eigenvalue weighted by Crippen LogP contribution is -2.30. The zero-order valence-electron chi connectivity index (χ0n) is 9.80. The van der Waals surface area contributed by atoms with E-state index in [9.17, 15) is 18.3 Å². The summed E-state index contributed by atoms with van der Waals surface area (Å²) < 4.78 is 36.3. The Morgan fingerprint density at radius 1 is 1.35 bits per heavy atom. The smallest absolute Gasteiger partial charge is 0.390 e. The summed E-state index contributed by atoms with van der Waals surface area (Å²) in [5, 5.41) is 12.4. The van der Waals surface area contributed by atoms with Crippen LogP contribution in [-0.2, 0) is 6.54 Å². The van der Waals surface area contributed by atoms with Gasteiger partial charge in [0.1, 0.15) is 5.75 Å². The number of hydrogen-bond donors (Lipinski definition) is 2. The molecule has 0 saturated heterocycles. The zero-order chi connectivity index (χ0) is 13.1.